The van der Waals surface area contributed by atoms with Crippen molar-refractivity contribution in [3.8, 4) is 70.9 Å². The molecule has 0 aliphatic rings. The minimum atomic E-state index is -0.679. The Hall–Kier alpha value is -3.27. The van der Waals surface area contributed by atoms with Gasteiger partial charge in [0.25, 0.3) is 0 Å². The summed E-state index contributed by atoms with van der Waals surface area (Å²) in [6, 6.07) is 0. The minimum Gasteiger partial charge on any atom is -0.457 e. The molecule has 41 heavy (non-hydrogen) atoms. The van der Waals surface area contributed by atoms with Gasteiger partial charge in [-0.15, -0.1) is 6.42 Å². The number of terminal acetylenes is 1. The Morgan fingerprint density at radius 2 is 1.22 bits per heavy atom. The van der Waals surface area contributed by atoms with Crippen molar-refractivity contribution in [3.63, 3.8) is 0 Å². The molecule has 0 aromatic rings. The highest BCUT2D eigenvalue weighted by Gasteiger charge is 2.13. The molecule has 7 heteroatoms. The minimum absolute atomic E-state index is 0. The first-order valence-corrected chi connectivity index (χ1v) is 14.9. The van der Waals surface area contributed by atoms with Gasteiger partial charge < -0.3 is 19.7 Å². The molecule has 0 spiro atoms. The van der Waals surface area contributed by atoms with Crippen molar-refractivity contribution in [2.75, 3.05) is 20.0 Å². The largest absolute Gasteiger partial charge is 0.457 e. The number of hydrogen-bond donors (Lipinski definition) is 2. The molecule has 1 atom stereocenters. The Balaban J connectivity index is -0.0000000607. The molecule has 0 radical (unpaired) electrons. The van der Waals surface area contributed by atoms with Crippen LogP contribution in [0.1, 0.15) is 117 Å². The van der Waals surface area contributed by atoms with Gasteiger partial charge in [-0.05, 0) is 70.9 Å². The predicted molar refractivity (Wildman–Crippen MR) is 185 cm³/mol. The number of aliphatic hydroxyl groups is 2. The molecular weight excluding hydrogens is 536 g/mol. The number of rotatable bonds is 19. The van der Waals surface area contributed by atoms with Gasteiger partial charge in [0.15, 0.2) is 5.12 Å². The average Bonchev–Trinajstić information content (AvgIpc) is 2.96. The van der Waals surface area contributed by atoms with E-state index in [0.717, 1.165) is 24.6 Å². The number of hydrogen-bond acceptors (Lipinski definition) is 7. The van der Waals surface area contributed by atoms with E-state index >= 15 is 0 Å². The van der Waals surface area contributed by atoms with E-state index in [1.165, 1.54) is 77.6 Å². The van der Waals surface area contributed by atoms with Crippen molar-refractivity contribution in [1.82, 2.24) is 0 Å². The maximum absolute atomic E-state index is 11.6. The summed E-state index contributed by atoms with van der Waals surface area (Å²) in [6.45, 7) is 2.98. The van der Waals surface area contributed by atoms with E-state index in [4.69, 9.17) is 26.1 Å². The molecule has 0 amide bonds. The lowest BCUT2D eigenvalue weighted by Crippen LogP contribution is -2.27. The van der Waals surface area contributed by atoms with Crippen LogP contribution in [0, 0.1) is 70.9 Å². The van der Waals surface area contributed by atoms with Crippen LogP contribution >= 0.6 is 11.8 Å². The first-order chi connectivity index (χ1) is 20.0. The van der Waals surface area contributed by atoms with Crippen LogP contribution in [0.5, 0.6) is 0 Å². The molecule has 0 aliphatic heterocycles. The van der Waals surface area contributed by atoms with Crippen LogP contribution in [0.4, 0.5) is 0 Å². The number of thioether (sulfide) groups is 1. The fourth-order valence-electron chi connectivity index (χ4n) is 3.22. The summed E-state index contributed by atoms with van der Waals surface area (Å²) in [7, 11) is 0. The summed E-state index contributed by atoms with van der Waals surface area (Å²) < 4.78 is 9.81. The predicted octanol–water partition coefficient (Wildman–Crippen LogP) is 7.43. The second-order valence-corrected chi connectivity index (χ2v) is 9.74. The zero-order chi connectivity index (χ0) is 30.7. The summed E-state index contributed by atoms with van der Waals surface area (Å²) in [4.78, 5) is 22.1. The highest BCUT2D eigenvalue weighted by Crippen LogP contribution is 2.13. The number of esters is 1. The lowest BCUT2D eigenvalue weighted by atomic mass is 10.0. The highest BCUT2D eigenvalue weighted by atomic mass is 32.2. The number of carbonyl (C=O) groups excluding carboxylic acids is 2. The van der Waals surface area contributed by atoms with Gasteiger partial charge in [-0.3, -0.25) is 9.59 Å². The quantitative estimate of drug-likeness (QED) is 0.0691. The smallest absolute Gasteiger partial charge is 0.306 e. The van der Waals surface area contributed by atoms with E-state index in [2.05, 4.69) is 71.4 Å². The van der Waals surface area contributed by atoms with Crippen LogP contribution < -0.4 is 0 Å². The summed E-state index contributed by atoms with van der Waals surface area (Å²) in [5.41, 5.74) is 0. The monoisotopic (exact) mass is 598 g/mol. The third-order valence-electron chi connectivity index (χ3n) is 5.20. The van der Waals surface area contributed by atoms with Gasteiger partial charge in [0.05, 0.1) is 13.2 Å². The van der Waals surface area contributed by atoms with Crippen molar-refractivity contribution < 1.29 is 42.1 Å². The molecule has 0 heterocycles. The average molecular weight is 599 g/mol. The maximum atomic E-state index is 11.6. The SMILES string of the molecule is C#CC#CC#CC#CC#CC#CSC(C)=O.CCCCCCCCCCCCCCCC(=O)O[C@H](CO)COCO.[HH].[HH].[HH].[HH].[HH].[HH].[HH].[HH].[HH]. The molecule has 0 aromatic carbocycles. The standard InChI is InChI=1S/C20H40O5.C14H4OS.9H2/c1-2-3-4-5-6-7-8-9-10-11-12-13-14-15-20(23)25-19(16-21)17-24-18-22;1-3-4-5-6-7-8-9-10-11-12-13-16-14(2)15;;;;;;;;;/h19,21-22H,2-18H2,1H3;1H,2H3;9*1H/t19-;;;;;;;;;;/m1........../s1. The van der Waals surface area contributed by atoms with Crippen molar-refractivity contribution in [2.24, 2.45) is 0 Å². The number of carbonyl (C=O) groups is 2. The molecule has 2 N–H and O–H groups in total. The lowest BCUT2D eigenvalue weighted by molar-refractivity contribution is -0.157. The van der Waals surface area contributed by atoms with Crippen molar-refractivity contribution in [1.29, 1.82) is 0 Å². The molecule has 0 aliphatic carbocycles. The summed E-state index contributed by atoms with van der Waals surface area (Å²) in [5, 5.41) is 20.0. The number of aliphatic hydroxyl groups excluding tert-OH is 2. The number of ether oxygens (including phenoxy) is 2. The van der Waals surface area contributed by atoms with Gasteiger partial charge in [0.1, 0.15) is 12.9 Å². The molecule has 0 unspecified atom stereocenters. The van der Waals surface area contributed by atoms with Gasteiger partial charge >= 0.3 is 5.97 Å². The van der Waals surface area contributed by atoms with Gasteiger partial charge in [0, 0.05) is 37.9 Å². The fourth-order valence-corrected chi connectivity index (χ4v) is 3.46. The fraction of sp³-hybridized carbons (Fsp3) is 0.588. The van der Waals surface area contributed by atoms with E-state index in [0.29, 0.717) is 6.42 Å². The number of unbranched alkanes of at least 4 members (excludes halogenated alkanes) is 12. The third kappa shape index (κ3) is 36.7. The summed E-state index contributed by atoms with van der Waals surface area (Å²) in [6.07, 6.45) is 21.1. The zero-order valence-electron chi connectivity index (χ0n) is 24.6. The van der Waals surface area contributed by atoms with Gasteiger partial charge in [0.2, 0.25) is 0 Å². The second-order valence-electron chi connectivity index (χ2n) is 8.75. The van der Waals surface area contributed by atoms with E-state index in [1.54, 1.807) is 0 Å². The van der Waals surface area contributed by atoms with Crippen LogP contribution in [0.15, 0.2) is 0 Å². The Morgan fingerprint density at radius 1 is 0.756 bits per heavy atom. The molecule has 0 aromatic heterocycles. The molecular formula is C34H62O6S. The van der Waals surface area contributed by atoms with Crippen molar-refractivity contribution in [3.05, 3.63) is 0 Å². The zero-order valence-corrected chi connectivity index (χ0v) is 25.4. The first kappa shape index (κ1) is 39.9. The van der Waals surface area contributed by atoms with Crippen LogP contribution in [0.25, 0.3) is 0 Å². The molecule has 6 nitrogen and oxygen atoms in total. The van der Waals surface area contributed by atoms with E-state index in [-0.39, 0.29) is 37.1 Å². The Kier molecular flexibility index (Phi) is 33.8. The maximum Gasteiger partial charge on any atom is 0.306 e. The van der Waals surface area contributed by atoms with Crippen molar-refractivity contribution in [2.45, 2.75) is 110 Å². The molecule has 0 saturated heterocycles. The Morgan fingerprint density at radius 3 is 1.66 bits per heavy atom. The molecule has 0 saturated carbocycles. The Bertz CT molecular complexity index is 1080. The van der Waals surface area contributed by atoms with Gasteiger partial charge in [-0.2, -0.15) is 0 Å². The Labute approximate surface area is 265 Å². The van der Waals surface area contributed by atoms with Crippen molar-refractivity contribution >= 4 is 22.8 Å². The second kappa shape index (κ2) is 34.8. The highest BCUT2D eigenvalue weighted by molar-refractivity contribution is 8.17. The van der Waals surface area contributed by atoms with Crippen LogP contribution in [0.3, 0.4) is 0 Å². The van der Waals surface area contributed by atoms with E-state index < -0.39 is 12.9 Å². The molecule has 0 fully saturated rings. The van der Waals surface area contributed by atoms with E-state index in [9.17, 15) is 9.59 Å². The lowest BCUT2D eigenvalue weighted by Gasteiger charge is -2.14. The van der Waals surface area contributed by atoms with Gasteiger partial charge in [-0.1, -0.05) is 84.0 Å². The van der Waals surface area contributed by atoms with Crippen LogP contribution in [0.2, 0.25) is 0 Å². The first-order valence-electron chi connectivity index (χ1n) is 14.1. The van der Waals surface area contributed by atoms with Gasteiger partial charge in [-0.25, -0.2) is 0 Å². The third-order valence-corrected chi connectivity index (χ3v) is 5.69. The molecule has 0 bridgehead atoms. The van der Waals surface area contributed by atoms with Crippen LogP contribution in [-0.2, 0) is 19.1 Å². The van der Waals surface area contributed by atoms with E-state index in [1.807, 2.05) is 0 Å². The normalized spacial score (nSPS) is 9.44. The topological polar surface area (TPSA) is 93.1 Å². The summed E-state index contributed by atoms with van der Waals surface area (Å²) >= 11 is 0.893. The van der Waals surface area contributed by atoms with Crippen LogP contribution in [-0.4, -0.2) is 47.4 Å². The molecule has 0 rings (SSSR count). The summed E-state index contributed by atoms with van der Waals surface area (Å²) in [5.74, 6) is 23.6. The molecule has 240 valence electrons.